The van der Waals surface area contributed by atoms with Gasteiger partial charge in [0.25, 0.3) is 6.43 Å². The smallest absolute Gasteiger partial charge is 0.263 e. The summed E-state index contributed by atoms with van der Waals surface area (Å²) >= 11 is 1.57. The number of rotatable bonds is 6. The van der Waals surface area contributed by atoms with Gasteiger partial charge in [-0.15, -0.1) is 11.3 Å². The molecule has 1 heterocycles. The average Bonchev–Trinajstić information content (AvgIpc) is 2.87. The molecule has 1 aromatic heterocycles. The molecule has 2 nitrogen and oxygen atoms in total. The standard InChI is InChI=1S/C16H20F2N2S/c1-4-8-19-10(2)14-11(3)20-16(21-14)13-7-5-6-12(9-13)15(17)18/h5-7,9-10,15,19H,4,8H2,1-3H3. The number of thiazole rings is 1. The van der Waals surface area contributed by atoms with Crippen molar-refractivity contribution in [1.82, 2.24) is 10.3 Å². The van der Waals surface area contributed by atoms with Crippen LogP contribution < -0.4 is 5.32 Å². The van der Waals surface area contributed by atoms with Crippen LogP contribution in [0.3, 0.4) is 0 Å². The molecule has 0 saturated heterocycles. The number of aryl methyl sites for hydroxylation is 1. The Kier molecular flexibility index (Phi) is 5.42. The molecule has 2 aromatic rings. The van der Waals surface area contributed by atoms with Crippen molar-refractivity contribution in [2.24, 2.45) is 0 Å². The summed E-state index contributed by atoms with van der Waals surface area (Å²) in [6.07, 6.45) is -1.37. The number of aromatic nitrogens is 1. The molecule has 0 aliphatic carbocycles. The fourth-order valence-electron chi connectivity index (χ4n) is 2.19. The zero-order valence-corrected chi connectivity index (χ0v) is 13.3. The van der Waals surface area contributed by atoms with Gasteiger partial charge >= 0.3 is 0 Å². The van der Waals surface area contributed by atoms with Crippen LogP contribution in [0.1, 0.15) is 48.9 Å². The zero-order chi connectivity index (χ0) is 15.4. The van der Waals surface area contributed by atoms with Crippen LogP contribution in [0.5, 0.6) is 0 Å². The number of nitrogens with zero attached hydrogens (tertiary/aromatic N) is 1. The lowest BCUT2D eigenvalue weighted by atomic mass is 10.1. The van der Waals surface area contributed by atoms with Gasteiger partial charge in [-0.05, 0) is 32.9 Å². The summed E-state index contributed by atoms with van der Waals surface area (Å²) in [5.74, 6) is 0. The van der Waals surface area contributed by atoms with Crippen LogP contribution in [-0.4, -0.2) is 11.5 Å². The fourth-order valence-corrected chi connectivity index (χ4v) is 3.28. The van der Waals surface area contributed by atoms with Crippen LogP contribution in [0.15, 0.2) is 24.3 Å². The molecule has 0 aliphatic heterocycles. The molecule has 2 rings (SSSR count). The topological polar surface area (TPSA) is 24.9 Å². The molecular weight excluding hydrogens is 290 g/mol. The maximum atomic E-state index is 12.8. The van der Waals surface area contributed by atoms with E-state index in [-0.39, 0.29) is 11.6 Å². The second kappa shape index (κ2) is 7.09. The second-order valence-corrected chi connectivity index (χ2v) is 6.10. The Labute approximate surface area is 128 Å². The normalized spacial score (nSPS) is 12.9. The number of nitrogens with one attached hydrogen (secondary N) is 1. The van der Waals surface area contributed by atoms with Crippen molar-refractivity contribution in [1.29, 1.82) is 0 Å². The van der Waals surface area contributed by atoms with Crippen molar-refractivity contribution >= 4 is 11.3 Å². The van der Waals surface area contributed by atoms with Crippen molar-refractivity contribution in [2.75, 3.05) is 6.54 Å². The van der Waals surface area contributed by atoms with Gasteiger partial charge in [0.1, 0.15) is 5.01 Å². The van der Waals surface area contributed by atoms with Crippen LogP contribution in [0, 0.1) is 6.92 Å². The van der Waals surface area contributed by atoms with E-state index >= 15 is 0 Å². The Morgan fingerprint density at radius 3 is 2.76 bits per heavy atom. The third-order valence-corrected chi connectivity index (χ3v) is 4.70. The first kappa shape index (κ1) is 16.0. The predicted octanol–water partition coefficient (Wildman–Crippen LogP) is 5.12. The van der Waals surface area contributed by atoms with Gasteiger partial charge in [0.2, 0.25) is 0 Å². The summed E-state index contributed by atoms with van der Waals surface area (Å²) in [4.78, 5) is 5.71. The highest BCUT2D eigenvalue weighted by molar-refractivity contribution is 7.15. The van der Waals surface area contributed by atoms with Gasteiger partial charge < -0.3 is 5.32 Å². The Bertz CT molecular complexity index is 596. The first-order chi connectivity index (χ1) is 10.0. The van der Waals surface area contributed by atoms with Gasteiger partial charge in [0, 0.05) is 22.0 Å². The number of alkyl halides is 2. The van der Waals surface area contributed by atoms with Gasteiger partial charge in [-0.25, -0.2) is 13.8 Å². The molecular formula is C16H20F2N2S. The lowest BCUT2D eigenvalue weighted by Gasteiger charge is -2.11. The number of hydrogen-bond acceptors (Lipinski definition) is 3. The molecule has 0 amide bonds. The summed E-state index contributed by atoms with van der Waals surface area (Å²) in [6, 6.07) is 6.69. The molecule has 1 atom stereocenters. The van der Waals surface area contributed by atoms with E-state index in [2.05, 4.69) is 24.1 Å². The molecule has 0 fully saturated rings. The molecule has 0 bridgehead atoms. The maximum Gasteiger partial charge on any atom is 0.263 e. The van der Waals surface area contributed by atoms with Crippen LogP contribution >= 0.6 is 11.3 Å². The zero-order valence-electron chi connectivity index (χ0n) is 12.5. The quantitative estimate of drug-likeness (QED) is 0.801. The highest BCUT2D eigenvalue weighted by Crippen LogP contribution is 2.33. The fraction of sp³-hybridized carbons (Fsp3) is 0.438. The molecule has 114 valence electrons. The minimum atomic E-state index is -2.45. The molecule has 0 radical (unpaired) electrons. The van der Waals surface area contributed by atoms with Gasteiger partial charge in [-0.3, -0.25) is 0 Å². The second-order valence-electron chi connectivity index (χ2n) is 5.07. The minimum Gasteiger partial charge on any atom is -0.309 e. The molecule has 0 spiro atoms. The molecule has 1 N–H and O–H groups in total. The van der Waals surface area contributed by atoms with Crippen LogP contribution in [0.25, 0.3) is 10.6 Å². The summed E-state index contributed by atoms with van der Waals surface area (Å²) in [7, 11) is 0. The third kappa shape index (κ3) is 3.86. The van der Waals surface area contributed by atoms with E-state index in [1.807, 2.05) is 13.0 Å². The molecule has 0 saturated carbocycles. The van der Waals surface area contributed by atoms with Gasteiger partial charge in [0.05, 0.1) is 5.69 Å². The van der Waals surface area contributed by atoms with E-state index in [0.29, 0.717) is 0 Å². The lowest BCUT2D eigenvalue weighted by molar-refractivity contribution is 0.151. The summed E-state index contributed by atoms with van der Waals surface area (Å²) in [5.41, 5.74) is 1.77. The van der Waals surface area contributed by atoms with Crippen molar-refractivity contribution in [2.45, 2.75) is 39.7 Å². The number of benzene rings is 1. The van der Waals surface area contributed by atoms with Crippen LogP contribution in [0.2, 0.25) is 0 Å². The van der Waals surface area contributed by atoms with Crippen molar-refractivity contribution < 1.29 is 8.78 Å². The first-order valence-corrected chi connectivity index (χ1v) is 7.93. The predicted molar refractivity (Wildman–Crippen MR) is 84.0 cm³/mol. The van der Waals surface area contributed by atoms with E-state index in [0.717, 1.165) is 29.2 Å². The van der Waals surface area contributed by atoms with Crippen molar-refractivity contribution in [3.05, 3.63) is 40.4 Å². The lowest BCUT2D eigenvalue weighted by Crippen LogP contribution is -2.18. The minimum absolute atomic E-state index is 0.0408. The molecule has 1 aromatic carbocycles. The largest absolute Gasteiger partial charge is 0.309 e. The monoisotopic (exact) mass is 310 g/mol. The van der Waals surface area contributed by atoms with Gasteiger partial charge in [0.15, 0.2) is 0 Å². The van der Waals surface area contributed by atoms with Gasteiger partial charge in [-0.2, -0.15) is 0 Å². The Morgan fingerprint density at radius 1 is 1.33 bits per heavy atom. The maximum absolute atomic E-state index is 12.8. The SMILES string of the molecule is CCCNC(C)c1sc(-c2cccc(C(F)F)c2)nc1C. The highest BCUT2D eigenvalue weighted by atomic mass is 32.1. The summed E-state index contributed by atoms with van der Waals surface area (Å²) in [6.45, 7) is 7.15. The highest BCUT2D eigenvalue weighted by Gasteiger charge is 2.16. The van der Waals surface area contributed by atoms with E-state index in [1.54, 1.807) is 17.4 Å². The summed E-state index contributed by atoms with van der Waals surface area (Å²) < 4.78 is 25.6. The van der Waals surface area contributed by atoms with E-state index in [9.17, 15) is 8.78 Å². The number of halogens is 2. The van der Waals surface area contributed by atoms with Crippen molar-refractivity contribution in [3.63, 3.8) is 0 Å². The van der Waals surface area contributed by atoms with E-state index in [1.165, 1.54) is 17.0 Å². The summed E-state index contributed by atoms with van der Waals surface area (Å²) in [5, 5.41) is 4.24. The van der Waals surface area contributed by atoms with Crippen molar-refractivity contribution in [3.8, 4) is 10.6 Å². The van der Waals surface area contributed by atoms with E-state index < -0.39 is 6.43 Å². The van der Waals surface area contributed by atoms with E-state index in [4.69, 9.17) is 0 Å². The van der Waals surface area contributed by atoms with Crippen LogP contribution in [0.4, 0.5) is 8.78 Å². The average molecular weight is 310 g/mol. The van der Waals surface area contributed by atoms with Gasteiger partial charge in [-0.1, -0.05) is 25.1 Å². The molecule has 21 heavy (non-hydrogen) atoms. The molecule has 0 aliphatic rings. The Hall–Kier alpha value is -1.33. The number of hydrogen-bond donors (Lipinski definition) is 1. The molecule has 1 unspecified atom stereocenters. The van der Waals surface area contributed by atoms with Crippen LogP contribution in [-0.2, 0) is 0 Å². The Balaban J connectivity index is 2.27. The first-order valence-electron chi connectivity index (χ1n) is 7.12. The third-order valence-electron chi connectivity index (χ3n) is 3.31. The Morgan fingerprint density at radius 2 is 2.10 bits per heavy atom. The molecule has 5 heteroatoms.